The first-order valence-electron chi connectivity index (χ1n) is 8.40. The van der Waals surface area contributed by atoms with Gasteiger partial charge < -0.3 is 15.7 Å². The van der Waals surface area contributed by atoms with Gasteiger partial charge in [-0.05, 0) is 17.7 Å². The van der Waals surface area contributed by atoms with Crippen LogP contribution in [0.2, 0.25) is 0 Å². The van der Waals surface area contributed by atoms with Crippen LogP contribution in [-0.4, -0.2) is 70.1 Å². The molecule has 0 atom stereocenters. The monoisotopic (exact) mass is 343 g/mol. The van der Waals surface area contributed by atoms with Crippen LogP contribution in [0.25, 0.3) is 0 Å². The van der Waals surface area contributed by atoms with Gasteiger partial charge in [0, 0.05) is 46.8 Å². The molecule has 0 aliphatic carbocycles. The Morgan fingerprint density at radius 2 is 1.72 bits per heavy atom. The van der Waals surface area contributed by atoms with Crippen molar-refractivity contribution < 1.29 is 5.11 Å². The molecule has 1 aliphatic rings. The third kappa shape index (κ3) is 4.77. The number of benzene rings is 1. The van der Waals surface area contributed by atoms with Gasteiger partial charge in [0.25, 0.3) is 0 Å². The van der Waals surface area contributed by atoms with Crippen LogP contribution in [0.4, 0.5) is 11.9 Å². The fourth-order valence-corrected chi connectivity index (χ4v) is 2.91. The van der Waals surface area contributed by atoms with Gasteiger partial charge in [-0.15, -0.1) is 0 Å². The first kappa shape index (κ1) is 17.4. The molecule has 0 bridgehead atoms. The molecule has 2 heterocycles. The Bertz CT molecular complexity index is 714. The Labute approximate surface area is 147 Å². The second-order valence-electron chi connectivity index (χ2n) is 6.53. The summed E-state index contributed by atoms with van der Waals surface area (Å²) in [5.74, 6) is 1.87. The van der Waals surface area contributed by atoms with Crippen molar-refractivity contribution in [2.24, 2.45) is 0 Å². The highest BCUT2D eigenvalue weighted by Crippen LogP contribution is 2.15. The van der Waals surface area contributed by atoms with E-state index in [9.17, 15) is 5.11 Å². The number of anilines is 2. The molecule has 0 radical (unpaired) electrons. The van der Waals surface area contributed by atoms with Gasteiger partial charge in [-0.1, -0.05) is 12.1 Å². The maximum absolute atomic E-state index is 9.57. The largest absolute Gasteiger partial charge is 0.508 e. The lowest BCUT2D eigenvalue weighted by atomic mass is 10.2. The van der Waals surface area contributed by atoms with Crippen molar-refractivity contribution in [3.8, 4) is 5.75 Å². The van der Waals surface area contributed by atoms with Crippen LogP contribution < -0.4 is 10.6 Å². The number of nitrogen functional groups attached to an aromatic ring is 1. The number of hydrogen-bond acceptors (Lipinski definition) is 8. The van der Waals surface area contributed by atoms with Gasteiger partial charge in [-0.3, -0.25) is 9.80 Å². The lowest BCUT2D eigenvalue weighted by molar-refractivity contribution is 0.120. The fraction of sp³-hybridized carbons (Fsp3) is 0.471. The first-order chi connectivity index (χ1) is 12.0. The summed E-state index contributed by atoms with van der Waals surface area (Å²) in [6.07, 6.45) is 0. The highest BCUT2D eigenvalue weighted by molar-refractivity contribution is 5.32. The molecular formula is C17H25N7O. The van der Waals surface area contributed by atoms with E-state index >= 15 is 0 Å². The van der Waals surface area contributed by atoms with E-state index in [1.165, 1.54) is 0 Å². The van der Waals surface area contributed by atoms with Gasteiger partial charge in [0.1, 0.15) is 11.6 Å². The minimum atomic E-state index is 0.260. The van der Waals surface area contributed by atoms with Crippen molar-refractivity contribution in [1.29, 1.82) is 0 Å². The van der Waals surface area contributed by atoms with Gasteiger partial charge in [-0.2, -0.15) is 15.0 Å². The van der Waals surface area contributed by atoms with Crippen molar-refractivity contribution >= 4 is 11.9 Å². The summed E-state index contributed by atoms with van der Waals surface area (Å²) in [5.41, 5.74) is 6.92. The molecule has 1 aromatic heterocycles. The van der Waals surface area contributed by atoms with Crippen LogP contribution in [0, 0.1) is 0 Å². The smallest absolute Gasteiger partial charge is 0.229 e. The van der Waals surface area contributed by atoms with Crippen LogP contribution >= 0.6 is 0 Å². The van der Waals surface area contributed by atoms with Gasteiger partial charge in [0.05, 0.1) is 6.54 Å². The Kier molecular flexibility index (Phi) is 5.30. The van der Waals surface area contributed by atoms with E-state index in [0.29, 0.717) is 24.1 Å². The number of aromatic hydroxyl groups is 1. The predicted octanol–water partition coefficient (Wildman–Crippen LogP) is 0.543. The third-order valence-corrected chi connectivity index (χ3v) is 4.23. The maximum atomic E-state index is 9.57. The number of hydrogen-bond donors (Lipinski definition) is 2. The molecule has 134 valence electrons. The number of phenolic OH excluding ortho intramolecular Hbond substituents is 1. The van der Waals surface area contributed by atoms with Crippen molar-refractivity contribution in [2.75, 3.05) is 50.9 Å². The average Bonchev–Trinajstić information content (AvgIpc) is 2.56. The summed E-state index contributed by atoms with van der Waals surface area (Å²) >= 11 is 0. The highest BCUT2D eigenvalue weighted by Gasteiger charge is 2.19. The van der Waals surface area contributed by atoms with Crippen molar-refractivity contribution in [3.63, 3.8) is 0 Å². The first-order valence-corrected chi connectivity index (χ1v) is 8.40. The fourth-order valence-electron chi connectivity index (χ4n) is 2.91. The topological polar surface area (TPSA) is 94.6 Å². The zero-order valence-electron chi connectivity index (χ0n) is 14.8. The Balaban J connectivity index is 1.54. The molecular weight excluding hydrogens is 318 g/mol. The molecule has 0 unspecified atom stereocenters. The van der Waals surface area contributed by atoms with E-state index in [2.05, 4.69) is 24.8 Å². The molecule has 2 aromatic rings. The standard InChI is InChI=1S/C17H25N7O/c1-22(2)17-20-15(19-16(18)21-17)12-24-8-6-23(7-9-24)11-13-4-3-5-14(25)10-13/h3-5,10,25H,6-9,11-12H2,1-2H3,(H2,18,19,20,21). The van der Waals surface area contributed by atoms with Crippen LogP contribution in [0.1, 0.15) is 11.4 Å². The second-order valence-corrected chi connectivity index (χ2v) is 6.53. The van der Waals surface area contributed by atoms with Gasteiger partial charge in [0.15, 0.2) is 0 Å². The van der Waals surface area contributed by atoms with E-state index in [1.807, 2.05) is 37.2 Å². The van der Waals surface area contributed by atoms with Crippen molar-refractivity contribution in [3.05, 3.63) is 35.7 Å². The number of aromatic nitrogens is 3. The number of piperazine rings is 1. The Morgan fingerprint density at radius 3 is 2.36 bits per heavy atom. The molecule has 1 aromatic carbocycles. The minimum Gasteiger partial charge on any atom is -0.508 e. The lowest BCUT2D eigenvalue weighted by Gasteiger charge is -2.34. The Hall–Kier alpha value is -2.45. The number of nitrogens with zero attached hydrogens (tertiary/aromatic N) is 6. The summed E-state index contributed by atoms with van der Waals surface area (Å²) in [7, 11) is 3.78. The summed E-state index contributed by atoms with van der Waals surface area (Å²) in [5, 5.41) is 9.57. The molecule has 0 spiro atoms. The maximum Gasteiger partial charge on any atom is 0.229 e. The van der Waals surface area contributed by atoms with E-state index in [-0.39, 0.29) is 5.95 Å². The highest BCUT2D eigenvalue weighted by atomic mass is 16.3. The SMILES string of the molecule is CN(C)c1nc(N)nc(CN2CCN(Cc3cccc(O)c3)CC2)n1. The van der Waals surface area contributed by atoms with Crippen molar-refractivity contribution in [2.45, 2.75) is 13.1 Å². The van der Waals surface area contributed by atoms with Gasteiger partial charge in [0.2, 0.25) is 11.9 Å². The molecule has 3 rings (SSSR count). The normalized spacial score (nSPS) is 16.1. The quantitative estimate of drug-likeness (QED) is 0.812. The van der Waals surface area contributed by atoms with Gasteiger partial charge in [-0.25, -0.2) is 0 Å². The molecule has 25 heavy (non-hydrogen) atoms. The molecule has 0 saturated carbocycles. The van der Waals surface area contributed by atoms with E-state index in [0.717, 1.165) is 38.3 Å². The number of rotatable bonds is 5. The Morgan fingerprint density at radius 1 is 1.04 bits per heavy atom. The molecule has 1 saturated heterocycles. The summed E-state index contributed by atoms with van der Waals surface area (Å²) in [6.45, 7) is 5.36. The van der Waals surface area contributed by atoms with Crippen LogP contribution in [0.5, 0.6) is 5.75 Å². The second kappa shape index (κ2) is 7.62. The summed E-state index contributed by atoms with van der Waals surface area (Å²) in [4.78, 5) is 19.4. The lowest BCUT2D eigenvalue weighted by Crippen LogP contribution is -2.45. The van der Waals surface area contributed by atoms with E-state index in [1.54, 1.807) is 6.07 Å². The molecule has 0 amide bonds. The van der Waals surface area contributed by atoms with E-state index < -0.39 is 0 Å². The van der Waals surface area contributed by atoms with Gasteiger partial charge >= 0.3 is 0 Å². The zero-order chi connectivity index (χ0) is 17.8. The predicted molar refractivity (Wildman–Crippen MR) is 97.2 cm³/mol. The molecule has 8 nitrogen and oxygen atoms in total. The molecule has 1 aliphatic heterocycles. The van der Waals surface area contributed by atoms with Crippen LogP contribution in [0.15, 0.2) is 24.3 Å². The van der Waals surface area contributed by atoms with E-state index in [4.69, 9.17) is 5.73 Å². The zero-order valence-corrected chi connectivity index (χ0v) is 14.8. The molecule has 3 N–H and O–H groups in total. The van der Waals surface area contributed by atoms with Crippen LogP contribution in [0.3, 0.4) is 0 Å². The molecule has 8 heteroatoms. The van der Waals surface area contributed by atoms with Crippen LogP contribution in [-0.2, 0) is 13.1 Å². The molecule has 1 fully saturated rings. The third-order valence-electron chi connectivity index (χ3n) is 4.23. The summed E-state index contributed by atoms with van der Waals surface area (Å²) < 4.78 is 0. The van der Waals surface area contributed by atoms with Crippen molar-refractivity contribution in [1.82, 2.24) is 24.8 Å². The average molecular weight is 343 g/mol. The number of nitrogens with two attached hydrogens (primary N) is 1. The number of phenols is 1. The summed E-state index contributed by atoms with van der Waals surface area (Å²) in [6, 6.07) is 7.45. The minimum absolute atomic E-state index is 0.260.